The molecule has 1 saturated carbocycles. The number of likely N-dealkylation sites (tertiary alicyclic amines) is 1. The van der Waals surface area contributed by atoms with Crippen LogP contribution in [0, 0.1) is 12.3 Å². The van der Waals surface area contributed by atoms with Gasteiger partial charge in [0.2, 0.25) is 5.91 Å². The molecule has 1 aromatic heterocycles. The highest BCUT2D eigenvalue weighted by Crippen LogP contribution is 2.52. The molecule has 0 bridgehead atoms. The Morgan fingerprint density at radius 3 is 2.68 bits per heavy atom. The zero-order valence-electron chi connectivity index (χ0n) is 22.1. The van der Waals surface area contributed by atoms with E-state index in [1.807, 2.05) is 42.2 Å². The average Bonchev–Trinajstić information content (AvgIpc) is 3.37. The molecule has 9 heteroatoms. The van der Waals surface area contributed by atoms with Crippen molar-refractivity contribution in [2.24, 2.45) is 5.73 Å². The summed E-state index contributed by atoms with van der Waals surface area (Å²) in [6, 6.07) is 11.6. The zero-order chi connectivity index (χ0) is 26.9. The number of amidine groups is 1. The number of anilines is 1. The van der Waals surface area contributed by atoms with E-state index >= 15 is 0 Å². The molecule has 5 rings (SSSR count). The molecule has 1 aliphatic carbocycles. The quantitative estimate of drug-likeness (QED) is 0.182. The van der Waals surface area contributed by atoms with Crippen LogP contribution in [0.25, 0.3) is 11.0 Å². The maximum atomic E-state index is 13.9. The van der Waals surface area contributed by atoms with Crippen molar-refractivity contribution >= 4 is 34.4 Å². The number of ether oxygens (including phenoxy) is 1. The fourth-order valence-corrected chi connectivity index (χ4v) is 5.74. The van der Waals surface area contributed by atoms with E-state index in [1.165, 1.54) is 0 Å². The second kappa shape index (κ2) is 10.5. The van der Waals surface area contributed by atoms with E-state index in [4.69, 9.17) is 20.9 Å². The Balaban J connectivity index is 1.30. The highest BCUT2D eigenvalue weighted by atomic mass is 16.5. The normalized spacial score (nSPS) is 17.9. The van der Waals surface area contributed by atoms with Crippen LogP contribution in [0.15, 0.2) is 36.4 Å². The van der Waals surface area contributed by atoms with Gasteiger partial charge in [0.15, 0.2) is 0 Å². The molecule has 1 atom stereocenters. The molecule has 1 aliphatic heterocycles. The van der Waals surface area contributed by atoms with E-state index < -0.39 is 5.41 Å². The molecule has 9 nitrogen and oxygen atoms in total. The van der Waals surface area contributed by atoms with Crippen molar-refractivity contribution in [2.75, 3.05) is 18.5 Å². The molecule has 1 amide bonds. The molecule has 38 heavy (non-hydrogen) atoms. The number of nitrogens with one attached hydrogen (secondary N) is 3. The van der Waals surface area contributed by atoms with Crippen molar-refractivity contribution in [3.8, 4) is 0 Å². The number of rotatable bonds is 10. The molecule has 2 aromatic carbocycles. The van der Waals surface area contributed by atoms with E-state index in [1.54, 1.807) is 0 Å². The third-order valence-electron chi connectivity index (χ3n) is 7.91. The summed E-state index contributed by atoms with van der Waals surface area (Å²) in [7, 11) is 0. The molecular weight excluding hydrogens is 480 g/mol. The summed E-state index contributed by atoms with van der Waals surface area (Å²) < 4.78 is 5.09. The SMILES string of the molecule is CCOC(=O)CCC1CCCN1C(=O)C1(c2ccc3[nH]c(CNc4ccc(C(=N)N)cc4)nc3c2C)CC1. The van der Waals surface area contributed by atoms with E-state index in [2.05, 4.69) is 23.3 Å². The van der Waals surface area contributed by atoms with Crippen molar-refractivity contribution < 1.29 is 14.3 Å². The Bertz CT molecular complexity index is 1360. The third kappa shape index (κ3) is 4.97. The molecule has 2 heterocycles. The number of nitrogens with zero attached hydrogens (tertiary/aromatic N) is 2. The van der Waals surface area contributed by atoms with Crippen molar-refractivity contribution in [3.63, 3.8) is 0 Å². The maximum absolute atomic E-state index is 13.9. The molecule has 1 unspecified atom stereocenters. The van der Waals surface area contributed by atoms with Crippen LogP contribution in [-0.2, 0) is 26.3 Å². The largest absolute Gasteiger partial charge is 0.466 e. The number of hydrogen-bond acceptors (Lipinski definition) is 6. The minimum absolute atomic E-state index is 0.0453. The number of nitrogens with two attached hydrogens (primary N) is 1. The number of fused-ring (bicyclic) bond motifs is 1. The molecule has 0 radical (unpaired) electrons. The van der Waals surface area contributed by atoms with Crippen molar-refractivity contribution in [2.45, 2.75) is 70.4 Å². The van der Waals surface area contributed by atoms with Crippen LogP contribution in [-0.4, -0.2) is 51.8 Å². The lowest BCUT2D eigenvalue weighted by atomic mass is 9.89. The van der Waals surface area contributed by atoms with E-state index in [9.17, 15) is 9.59 Å². The average molecular weight is 517 g/mol. The van der Waals surface area contributed by atoms with Gasteiger partial charge in [0.05, 0.1) is 29.6 Å². The number of hydrogen-bond donors (Lipinski definition) is 4. The number of H-pyrrole nitrogens is 1. The first-order valence-electron chi connectivity index (χ1n) is 13.5. The Morgan fingerprint density at radius 2 is 2.00 bits per heavy atom. The van der Waals surface area contributed by atoms with Gasteiger partial charge in [0.25, 0.3) is 0 Å². The van der Waals surface area contributed by atoms with Gasteiger partial charge in [-0.25, -0.2) is 4.98 Å². The van der Waals surface area contributed by atoms with Crippen LogP contribution >= 0.6 is 0 Å². The minimum Gasteiger partial charge on any atom is -0.466 e. The maximum Gasteiger partial charge on any atom is 0.305 e. The first kappa shape index (κ1) is 25.8. The van der Waals surface area contributed by atoms with Crippen molar-refractivity contribution in [3.05, 3.63) is 58.9 Å². The van der Waals surface area contributed by atoms with Gasteiger partial charge in [-0.15, -0.1) is 0 Å². The number of imidazole rings is 1. The summed E-state index contributed by atoms with van der Waals surface area (Å²) in [5.41, 5.74) is 10.6. The van der Waals surface area contributed by atoms with Gasteiger partial charge in [-0.3, -0.25) is 15.0 Å². The van der Waals surface area contributed by atoms with Gasteiger partial charge in [-0.05, 0) is 87.4 Å². The van der Waals surface area contributed by atoms with Crippen LogP contribution in [0.3, 0.4) is 0 Å². The number of carbonyl (C=O) groups excluding carboxylic acids is 2. The number of aromatic amines is 1. The summed E-state index contributed by atoms with van der Waals surface area (Å²) >= 11 is 0. The van der Waals surface area contributed by atoms with Gasteiger partial charge >= 0.3 is 5.97 Å². The summed E-state index contributed by atoms with van der Waals surface area (Å²) in [5, 5.41) is 10.9. The van der Waals surface area contributed by atoms with Crippen molar-refractivity contribution in [1.29, 1.82) is 5.41 Å². The number of nitrogen functional groups attached to an aromatic ring is 1. The number of carbonyl (C=O) groups is 2. The second-order valence-corrected chi connectivity index (χ2v) is 10.4. The Hall–Kier alpha value is -3.88. The molecule has 2 aliphatic rings. The van der Waals surface area contributed by atoms with Gasteiger partial charge < -0.3 is 25.7 Å². The summed E-state index contributed by atoms with van der Waals surface area (Å²) in [4.78, 5) is 36.1. The highest BCUT2D eigenvalue weighted by Gasteiger charge is 2.55. The predicted molar refractivity (Wildman–Crippen MR) is 147 cm³/mol. The smallest absolute Gasteiger partial charge is 0.305 e. The molecule has 2 fully saturated rings. The van der Waals surface area contributed by atoms with Crippen LogP contribution in [0.5, 0.6) is 0 Å². The lowest BCUT2D eigenvalue weighted by Gasteiger charge is -2.30. The van der Waals surface area contributed by atoms with Gasteiger partial charge in [0, 0.05) is 30.3 Å². The molecular formula is C29H36N6O3. The Kier molecular flexibility index (Phi) is 7.10. The number of aryl methyl sites for hydroxylation is 1. The zero-order valence-corrected chi connectivity index (χ0v) is 22.1. The Labute approximate surface area is 222 Å². The minimum atomic E-state index is -0.486. The second-order valence-electron chi connectivity index (χ2n) is 10.4. The van der Waals surface area contributed by atoms with Gasteiger partial charge in [-0.1, -0.05) is 6.07 Å². The fourth-order valence-electron chi connectivity index (χ4n) is 5.74. The molecule has 0 spiro atoms. The highest BCUT2D eigenvalue weighted by molar-refractivity contribution is 5.95. The number of benzene rings is 2. The van der Waals surface area contributed by atoms with Gasteiger partial charge in [0.1, 0.15) is 11.7 Å². The van der Waals surface area contributed by atoms with Crippen LogP contribution in [0.2, 0.25) is 0 Å². The van der Waals surface area contributed by atoms with Gasteiger partial charge in [-0.2, -0.15) is 0 Å². The first-order valence-corrected chi connectivity index (χ1v) is 13.5. The summed E-state index contributed by atoms with van der Waals surface area (Å²) in [6.07, 6.45) is 4.60. The van der Waals surface area contributed by atoms with Crippen LogP contribution < -0.4 is 11.1 Å². The van der Waals surface area contributed by atoms with Crippen LogP contribution in [0.4, 0.5) is 5.69 Å². The number of amides is 1. The first-order chi connectivity index (χ1) is 18.3. The number of esters is 1. The van der Waals surface area contributed by atoms with E-state index in [0.29, 0.717) is 31.6 Å². The monoisotopic (exact) mass is 516 g/mol. The van der Waals surface area contributed by atoms with Crippen molar-refractivity contribution in [1.82, 2.24) is 14.9 Å². The third-order valence-corrected chi connectivity index (χ3v) is 7.91. The predicted octanol–water partition coefficient (Wildman–Crippen LogP) is 4.13. The summed E-state index contributed by atoms with van der Waals surface area (Å²) in [5.74, 6) is 0.860. The fraction of sp³-hybridized carbons (Fsp3) is 0.448. The van der Waals surface area contributed by atoms with Crippen LogP contribution in [0.1, 0.15) is 68.0 Å². The topological polar surface area (TPSA) is 137 Å². The molecule has 200 valence electrons. The van der Waals surface area contributed by atoms with E-state index in [-0.39, 0.29) is 23.8 Å². The molecule has 3 aromatic rings. The number of aromatic nitrogens is 2. The summed E-state index contributed by atoms with van der Waals surface area (Å²) in [6.45, 7) is 5.53. The molecule has 5 N–H and O–H groups in total. The lowest BCUT2D eigenvalue weighted by molar-refractivity contribution is -0.144. The standard InChI is InChI=1S/C29H36N6O3/c1-3-38-25(36)13-10-21-5-4-16-35(21)28(37)29(14-15-29)22-11-12-23-26(18(22)2)34-24(33-23)17-32-20-8-6-19(7-9-20)27(30)31/h6-9,11-12,21,32H,3-5,10,13-17H2,1-2H3,(H3,30,31)(H,33,34). The molecule has 1 saturated heterocycles. The Morgan fingerprint density at radius 1 is 1.24 bits per heavy atom. The lowest BCUT2D eigenvalue weighted by Crippen LogP contribution is -2.42. The van der Waals surface area contributed by atoms with E-state index in [0.717, 1.165) is 65.9 Å².